The van der Waals surface area contributed by atoms with E-state index in [0.717, 1.165) is 38.5 Å². The summed E-state index contributed by atoms with van der Waals surface area (Å²) in [6.45, 7) is 0.329. The molecule has 1 aliphatic rings. The lowest BCUT2D eigenvalue weighted by atomic mass is 9.91. The molecule has 0 bridgehead atoms. The molecule has 1 saturated carbocycles. The fraction of sp³-hybridized carbons (Fsp3) is 1.00. The maximum Gasteiger partial charge on any atom is 0.0540 e. The van der Waals surface area contributed by atoms with Crippen molar-refractivity contribution in [2.24, 2.45) is 5.92 Å². The van der Waals surface area contributed by atoms with Crippen molar-refractivity contribution in [3.8, 4) is 0 Å². The molecule has 11 heavy (non-hydrogen) atoms. The summed E-state index contributed by atoms with van der Waals surface area (Å²) < 4.78 is 0. The summed E-state index contributed by atoms with van der Waals surface area (Å²) in [5.41, 5.74) is 0. The molecule has 2 N–H and O–H groups in total. The molecule has 1 fully saturated rings. The highest BCUT2D eigenvalue weighted by Crippen LogP contribution is 2.21. The van der Waals surface area contributed by atoms with Gasteiger partial charge in [-0.1, -0.05) is 12.8 Å². The molecular weight excluding hydrogens is 140 g/mol. The van der Waals surface area contributed by atoms with Crippen molar-refractivity contribution in [3.05, 3.63) is 0 Å². The fourth-order valence-electron chi connectivity index (χ4n) is 1.76. The SMILES string of the molecule is OCC1CCCC(O)CCC1. The molecule has 0 aliphatic heterocycles. The van der Waals surface area contributed by atoms with Crippen LogP contribution in [0.1, 0.15) is 38.5 Å². The Morgan fingerprint density at radius 2 is 1.55 bits per heavy atom. The third kappa shape index (κ3) is 3.21. The molecular formula is C9H18O2. The molecule has 1 rings (SSSR count). The van der Waals surface area contributed by atoms with Gasteiger partial charge in [0.15, 0.2) is 0 Å². The van der Waals surface area contributed by atoms with E-state index in [1.54, 1.807) is 0 Å². The standard InChI is InChI=1S/C9H18O2/c10-7-8-3-1-5-9(11)6-2-4-8/h8-11H,1-7H2. The Bertz CT molecular complexity index is 93.7. The van der Waals surface area contributed by atoms with Crippen LogP contribution in [-0.4, -0.2) is 22.9 Å². The lowest BCUT2D eigenvalue weighted by Gasteiger charge is -2.19. The van der Waals surface area contributed by atoms with Crippen LogP contribution in [0.25, 0.3) is 0 Å². The lowest BCUT2D eigenvalue weighted by molar-refractivity contribution is 0.121. The third-order valence-electron chi connectivity index (χ3n) is 2.56. The number of hydrogen-bond acceptors (Lipinski definition) is 2. The minimum Gasteiger partial charge on any atom is -0.396 e. The Hall–Kier alpha value is -0.0800. The molecule has 2 heteroatoms. The van der Waals surface area contributed by atoms with Gasteiger partial charge in [0, 0.05) is 6.61 Å². The molecule has 0 radical (unpaired) electrons. The van der Waals surface area contributed by atoms with Gasteiger partial charge in [0.25, 0.3) is 0 Å². The van der Waals surface area contributed by atoms with Crippen LogP contribution in [0.2, 0.25) is 0 Å². The van der Waals surface area contributed by atoms with Gasteiger partial charge < -0.3 is 10.2 Å². The zero-order valence-corrected chi connectivity index (χ0v) is 7.00. The van der Waals surface area contributed by atoms with Gasteiger partial charge >= 0.3 is 0 Å². The average molecular weight is 158 g/mol. The minimum atomic E-state index is -0.0744. The second-order valence-corrected chi connectivity index (χ2v) is 3.56. The quantitative estimate of drug-likeness (QED) is 0.604. The Morgan fingerprint density at radius 1 is 1.00 bits per heavy atom. The van der Waals surface area contributed by atoms with Crippen molar-refractivity contribution < 1.29 is 10.2 Å². The van der Waals surface area contributed by atoms with E-state index in [-0.39, 0.29) is 6.10 Å². The predicted octanol–water partition coefficient (Wildman–Crippen LogP) is 1.31. The normalized spacial score (nSPS) is 34.4. The van der Waals surface area contributed by atoms with E-state index in [1.165, 1.54) is 0 Å². The van der Waals surface area contributed by atoms with Crippen molar-refractivity contribution in [2.75, 3.05) is 6.61 Å². The van der Waals surface area contributed by atoms with E-state index in [1.807, 2.05) is 0 Å². The van der Waals surface area contributed by atoms with Crippen molar-refractivity contribution >= 4 is 0 Å². The van der Waals surface area contributed by atoms with E-state index < -0.39 is 0 Å². The van der Waals surface area contributed by atoms with E-state index in [4.69, 9.17) is 5.11 Å². The van der Waals surface area contributed by atoms with Crippen molar-refractivity contribution in [1.82, 2.24) is 0 Å². The maximum atomic E-state index is 9.31. The molecule has 0 aromatic heterocycles. The summed E-state index contributed by atoms with van der Waals surface area (Å²) in [6, 6.07) is 0. The molecule has 0 aromatic carbocycles. The van der Waals surface area contributed by atoms with Gasteiger partial charge in [-0.3, -0.25) is 0 Å². The summed E-state index contributed by atoms with van der Waals surface area (Å²) in [4.78, 5) is 0. The largest absolute Gasteiger partial charge is 0.396 e. The average Bonchev–Trinajstić information content (AvgIpc) is 1.96. The van der Waals surface area contributed by atoms with Gasteiger partial charge in [-0.05, 0) is 31.6 Å². The molecule has 0 unspecified atom stereocenters. The molecule has 0 spiro atoms. The summed E-state index contributed by atoms with van der Waals surface area (Å²) in [7, 11) is 0. The van der Waals surface area contributed by atoms with Crippen LogP contribution in [0.15, 0.2) is 0 Å². The van der Waals surface area contributed by atoms with Gasteiger partial charge in [0.2, 0.25) is 0 Å². The smallest absolute Gasteiger partial charge is 0.0540 e. The summed E-state index contributed by atoms with van der Waals surface area (Å²) in [6.07, 6.45) is 6.11. The Labute approximate surface area is 68.2 Å². The van der Waals surface area contributed by atoms with E-state index in [2.05, 4.69) is 0 Å². The van der Waals surface area contributed by atoms with Crippen LogP contribution in [0.3, 0.4) is 0 Å². The Kier molecular flexibility index (Phi) is 3.87. The highest BCUT2D eigenvalue weighted by molar-refractivity contribution is 4.66. The first-order valence-electron chi connectivity index (χ1n) is 4.62. The molecule has 2 nitrogen and oxygen atoms in total. The van der Waals surface area contributed by atoms with Gasteiger partial charge in [-0.15, -0.1) is 0 Å². The highest BCUT2D eigenvalue weighted by Gasteiger charge is 2.13. The second kappa shape index (κ2) is 4.73. The fourth-order valence-corrected chi connectivity index (χ4v) is 1.76. The first-order chi connectivity index (χ1) is 5.33. The Balaban J connectivity index is 2.22. The van der Waals surface area contributed by atoms with Crippen molar-refractivity contribution in [1.29, 1.82) is 0 Å². The lowest BCUT2D eigenvalue weighted by Crippen LogP contribution is -2.14. The molecule has 0 aromatic rings. The van der Waals surface area contributed by atoms with Crippen molar-refractivity contribution in [2.45, 2.75) is 44.6 Å². The van der Waals surface area contributed by atoms with Crippen LogP contribution in [0, 0.1) is 5.92 Å². The third-order valence-corrected chi connectivity index (χ3v) is 2.56. The van der Waals surface area contributed by atoms with Crippen LogP contribution in [0.5, 0.6) is 0 Å². The molecule has 0 heterocycles. The van der Waals surface area contributed by atoms with Gasteiger partial charge in [0.1, 0.15) is 0 Å². The van der Waals surface area contributed by atoms with Gasteiger partial charge in [-0.2, -0.15) is 0 Å². The van der Waals surface area contributed by atoms with Crippen molar-refractivity contribution in [3.63, 3.8) is 0 Å². The number of aliphatic hydroxyl groups is 2. The Morgan fingerprint density at radius 3 is 2.00 bits per heavy atom. The van der Waals surface area contributed by atoms with E-state index in [0.29, 0.717) is 12.5 Å². The predicted molar refractivity (Wildman–Crippen MR) is 44.3 cm³/mol. The van der Waals surface area contributed by atoms with Crippen LogP contribution < -0.4 is 0 Å². The van der Waals surface area contributed by atoms with Crippen LogP contribution in [-0.2, 0) is 0 Å². The molecule has 1 aliphatic carbocycles. The molecule has 66 valence electrons. The topological polar surface area (TPSA) is 40.5 Å². The van der Waals surface area contributed by atoms with Gasteiger partial charge in [0.05, 0.1) is 6.10 Å². The first-order valence-corrected chi connectivity index (χ1v) is 4.62. The number of rotatable bonds is 1. The minimum absolute atomic E-state index is 0.0744. The maximum absolute atomic E-state index is 9.31. The molecule has 0 amide bonds. The highest BCUT2D eigenvalue weighted by atomic mass is 16.3. The summed E-state index contributed by atoms with van der Waals surface area (Å²) in [5.74, 6) is 0.502. The summed E-state index contributed by atoms with van der Waals surface area (Å²) >= 11 is 0. The molecule has 0 atom stereocenters. The van der Waals surface area contributed by atoms with Crippen LogP contribution in [0.4, 0.5) is 0 Å². The number of aliphatic hydroxyl groups excluding tert-OH is 2. The van der Waals surface area contributed by atoms with Crippen LogP contribution >= 0.6 is 0 Å². The van der Waals surface area contributed by atoms with Gasteiger partial charge in [-0.25, -0.2) is 0 Å². The second-order valence-electron chi connectivity index (χ2n) is 3.56. The summed E-state index contributed by atoms with van der Waals surface area (Å²) in [5, 5.41) is 18.2. The number of hydrogen-bond donors (Lipinski definition) is 2. The zero-order valence-electron chi connectivity index (χ0n) is 7.00. The van der Waals surface area contributed by atoms with E-state index >= 15 is 0 Å². The van der Waals surface area contributed by atoms with E-state index in [9.17, 15) is 5.11 Å². The molecule has 0 saturated heterocycles. The monoisotopic (exact) mass is 158 g/mol. The first kappa shape index (κ1) is 9.01. The zero-order chi connectivity index (χ0) is 8.10.